The molecule has 17 nitrogen and oxygen atoms in total. The van der Waals surface area contributed by atoms with Crippen LogP contribution in [0.2, 0.25) is 0 Å². The number of anilines is 2. The lowest BCUT2D eigenvalue weighted by Crippen LogP contribution is -2.34. The van der Waals surface area contributed by atoms with Gasteiger partial charge < -0.3 is 16.2 Å². The molecule has 4 aromatic heterocycles. The van der Waals surface area contributed by atoms with Crippen molar-refractivity contribution in [3.05, 3.63) is 84.7 Å². The fraction of sp³-hybridized carbons (Fsp3) is 0.407. The van der Waals surface area contributed by atoms with E-state index < -0.39 is 73.5 Å². The molecule has 0 atom stereocenters. The lowest BCUT2D eigenvalue weighted by atomic mass is 10.3. The summed E-state index contributed by atoms with van der Waals surface area (Å²) in [5.41, 5.74) is -10.2. The van der Waals surface area contributed by atoms with E-state index in [-0.39, 0.29) is 6.61 Å². The third kappa shape index (κ3) is 21.7. The van der Waals surface area contributed by atoms with Crippen LogP contribution < -0.4 is 11.1 Å². The molecular formula is C27H32F12N8O9S3. The van der Waals surface area contributed by atoms with Crippen LogP contribution in [0.25, 0.3) is 0 Å². The average Bonchev–Trinajstić information content (AvgIpc) is 3.77. The van der Waals surface area contributed by atoms with E-state index >= 15 is 0 Å². The van der Waals surface area contributed by atoms with Crippen molar-refractivity contribution >= 4 is 42.0 Å². The van der Waals surface area contributed by atoms with E-state index in [1.807, 2.05) is 46.4 Å². The van der Waals surface area contributed by atoms with Gasteiger partial charge >= 0.3 is 46.9 Å². The number of pyridine rings is 2. The van der Waals surface area contributed by atoms with Crippen LogP contribution in [0.3, 0.4) is 0 Å². The second-order valence-electron chi connectivity index (χ2n) is 9.85. The molecule has 0 spiro atoms. The first-order valence-corrected chi connectivity index (χ1v) is 19.3. The van der Waals surface area contributed by atoms with E-state index in [2.05, 4.69) is 29.7 Å². The van der Waals surface area contributed by atoms with Gasteiger partial charge in [-0.25, -0.2) is 13.2 Å². The average molecular weight is 937 g/mol. The number of hydrogen-bond donors (Lipinski definition) is 3. The number of nitrogens with one attached hydrogen (secondary N) is 1. The molecule has 0 aliphatic rings. The van der Waals surface area contributed by atoms with Gasteiger partial charge in [0, 0.05) is 49.8 Å². The Kier molecular flexibility index (Phi) is 22.9. The van der Waals surface area contributed by atoms with Gasteiger partial charge in [0.2, 0.25) is 0 Å². The van der Waals surface area contributed by atoms with Gasteiger partial charge in [0.1, 0.15) is 31.7 Å². The maximum atomic E-state index is 11.9. The Hall–Kier alpha value is -4.79. The minimum atomic E-state index is -6.85. The molecule has 0 bridgehead atoms. The molecule has 336 valence electrons. The van der Waals surface area contributed by atoms with Crippen molar-refractivity contribution < 1.29 is 90.9 Å². The van der Waals surface area contributed by atoms with E-state index in [9.17, 15) is 77.9 Å². The summed E-state index contributed by atoms with van der Waals surface area (Å²) < 4.78 is 204. The summed E-state index contributed by atoms with van der Waals surface area (Å²) in [5.74, 6) is 1.25. The summed E-state index contributed by atoms with van der Waals surface area (Å²) in [6.45, 7) is -2.03. The number of nitrogens with two attached hydrogens (primary N) is 1. The zero-order valence-electron chi connectivity index (χ0n) is 29.3. The van der Waals surface area contributed by atoms with E-state index in [1.54, 1.807) is 40.2 Å². The van der Waals surface area contributed by atoms with E-state index in [0.717, 1.165) is 17.7 Å². The van der Waals surface area contributed by atoms with Crippen molar-refractivity contribution in [2.45, 2.75) is 29.6 Å². The first kappa shape index (κ1) is 54.2. The van der Waals surface area contributed by atoms with Gasteiger partial charge in [-0.1, -0.05) is 0 Å². The Morgan fingerprint density at radius 2 is 1.03 bits per heavy atom. The van der Waals surface area contributed by atoms with Crippen LogP contribution in [-0.2, 0) is 51.3 Å². The van der Waals surface area contributed by atoms with Gasteiger partial charge in [0.15, 0.2) is 0 Å². The van der Waals surface area contributed by atoms with Crippen LogP contribution >= 0.6 is 0 Å². The second-order valence-corrected chi connectivity index (χ2v) is 14.7. The molecule has 0 saturated heterocycles. The predicted molar refractivity (Wildman–Crippen MR) is 181 cm³/mol. The molecule has 0 unspecified atom stereocenters. The number of aromatic nitrogens is 6. The van der Waals surface area contributed by atoms with Gasteiger partial charge in [0.05, 0.1) is 26.3 Å². The molecule has 4 N–H and O–H groups in total. The number of nitrogens with zero attached hydrogens (tertiary/aromatic N) is 6. The fourth-order valence-corrected chi connectivity index (χ4v) is 4.92. The van der Waals surface area contributed by atoms with Crippen LogP contribution in [0.4, 0.5) is 64.3 Å². The number of hydrogen-bond acceptors (Lipinski definition) is 15. The molecule has 0 saturated carbocycles. The van der Waals surface area contributed by atoms with E-state index in [4.69, 9.17) is 10.8 Å². The normalized spacial score (nSPS) is 11.9. The zero-order valence-corrected chi connectivity index (χ0v) is 31.8. The van der Waals surface area contributed by atoms with Crippen molar-refractivity contribution in [2.24, 2.45) is 0 Å². The summed E-state index contributed by atoms with van der Waals surface area (Å²) in [5, 5.41) is 18.7. The van der Waals surface area contributed by atoms with Gasteiger partial charge in [0.25, 0.3) is 0 Å². The van der Waals surface area contributed by atoms with Gasteiger partial charge in [-0.15, -0.1) is 3.63 Å². The van der Waals surface area contributed by atoms with E-state index in [1.165, 1.54) is 0 Å². The standard InChI is InChI=1S/C11H13FN4.C9H10N4.C3H4F4O3S.C2F6O5S2.C2H5FO/c12-4-7-14-11-3-8-16(15-11)9-10-1-5-13-6-2-10;10-9-3-6-13(12-9)7-8-1-4-11-5-2-8;4-1-2-10-11(8,9)3(5,6)7;3-1(4,5)14(9,10)13-15(11,12)2(6,7)8;3-1-2-4/h1-3,5-6,8H,4,7,9H2,(H,14,15);1-6H,7H2,(H2,10,12);1-2H2;;4H,1-2H2. The van der Waals surface area contributed by atoms with Crippen molar-refractivity contribution in [1.29, 1.82) is 0 Å². The van der Waals surface area contributed by atoms with Crippen molar-refractivity contribution in [3.8, 4) is 0 Å². The highest BCUT2D eigenvalue weighted by molar-refractivity contribution is 8.00. The molecular weight excluding hydrogens is 905 g/mol. The van der Waals surface area contributed by atoms with E-state index in [0.29, 0.717) is 24.7 Å². The maximum absolute atomic E-state index is 11.9. The summed E-state index contributed by atoms with van der Waals surface area (Å²) in [7, 11) is -19.3. The Morgan fingerprint density at radius 3 is 1.37 bits per heavy atom. The molecule has 32 heteroatoms. The number of nitrogen functional groups attached to an aromatic ring is 1. The topological polar surface area (TPSA) is 241 Å². The third-order valence-corrected chi connectivity index (χ3v) is 8.93. The molecule has 0 radical (unpaired) electrons. The summed E-state index contributed by atoms with van der Waals surface area (Å²) >= 11 is 0. The lowest BCUT2D eigenvalue weighted by molar-refractivity contribution is -0.0586. The highest BCUT2D eigenvalue weighted by Gasteiger charge is 2.57. The number of alkyl halides is 12. The first-order chi connectivity index (χ1) is 27.2. The highest BCUT2D eigenvalue weighted by Crippen LogP contribution is 2.32. The number of halogens is 12. The second kappa shape index (κ2) is 25.0. The molecule has 0 amide bonds. The molecule has 59 heavy (non-hydrogen) atoms. The van der Waals surface area contributed by atoms with Gasteiger partial charge in [-0.3, -0.25) is 23.5 Å². The van der Waals surface area contributed by atoms with Crippen LogP contribution in [0.1, 0.15) is 11.1 Å². The molecule has 4 heterocycles. The fourth-order valence-electron chi connectivity index (χ4n) is 2.94. The number of aliphatic hydroxyl groups excluding tert-OH is 1. The largest absolute Gasteiger partial charge is 0.524 e. The Labute approximate surface area is 327 Å². The Balaban J connectivity index is 0.000000743. The molecule has 0 fully saturated rings. The quantitative estimate of drug-likeness (QED) is 0.0972. The third-order valence-electron chi connectivity index (χ3n) is 5.32. The van der Waals surface area contributed by atoms with Crippen LogP contribution in [0.15, 0.2) is 73.6 Å². The lowest BCUT2D eigenvalue weighted by Gasteiger charge is -2.09. The highest BCUT2D eigenvalue weighted by atomic mass is 32.3. The summed E-state index contributed by atoms with van der Waals surface area (Å²) in [6, 6.07) is 11.4. The van der Waals surface area contributed by atoms with Crippen molar-refractivity contribution in [3.63, 3.8) is 0 Å². The molecule has 4 aromatic rings. The van der Waals surface area contributed by atoms with Crippen molar-refractivity contribution in [2.75, 3.05) is 50.8 Å². The van der Waals surface area contributed by atoms with Gasteiger partial charge in [-0.2, -0.15) is 75.0 Å². The number of rotatable bonds is 13. The number of aliphatic hydroxyl groups is 1. The smallest absolute Gasteiger partial charge is 0.394 e. The minimum absolute atomic E-state index is 0.298. The predicted octanol–water partition coefficient (Wildman–Crippen LogP) is 4.09. The molecule has 4 rings (SSSR count). The summed E-state index contributed by atoms with van der Waals surface area (Å²) in [6.07, 6.45) is 10.8. The molecule has 0 aliphatic heterocycles. The Morgan fingerprint density at radius 1 is 0.627 bits per heavy atom. The summed E-state index contributed by atoms with van der Waals surface area (Å²) in [4.78, 5) is 7.89. The Bertz CT molecular complexity index is 2050. The van der Waals surface area contributed by atoms with Gasteiger partial charge in [-0.05, 0) is 41.5 Å². The van der Waals surface area contributed by atoms with Crippen LogP contribution in [0, 0.1) is 0 Å². The monoisotopic (exact) mass is 936 g/mol. The first-order valence-electron chi connectivity index (χ1n) is 15.1. The van der Waals surface area contributed by atoms with Crippen LogP contribution in [-0.4, -0.2) is 116 Å². The SMILES string of the molecule is FCCNc1ccn(Cc2ccncc2)n1.Nc1ccn(Cc2ccncc2)n1.O=S(=O)(OCCF)C(F)(F)F.O=S(=O)(OS(=O)(=O)C(F)(F)F)C(F)(F)F.OCCF. The maximum Gasteiger partial charge on any atom is 0.524 e. The molecule has 0 aliphatic carbocycles. The van der Waals surface area contributed by atoms with Crippen molar-refractivity contribution in [1.82, 2.24) is 29.5 Å². The zero-order chi connectivity index (χ0) is 45.6. The molecule has 0 aromatic carbocycles. The van der Waals surface area contributed by atoms with Crippen LogP contribution in [0.5, 0.6) is 0 Å². The minimum Gasteiger partial charge on any atom is -0.394 e.